The fourth-order valence-electron chi connectivity index (χ4n) is 2.19. The smallest absolute Gasteiger partial charge is 0.0919 e. The Morgan fingerprint density at radius 2 is 1.27 bits per heavy atom. The van der Waals surface area contributed by atoms with Crippen LogP contribution in [0.2, 0.25) is 0 Å². The summed E-state index contributed by atoms with van der Waals surface area (Å²) in [7, 11) is 0. The van der Waals surface area contributed by atoms with Crippen molar-refractivity contribution in [3.63, 3.8) is 0 Å². The number of para-hydroxylation sites is 1. The monoisotopic (exact) mass is 493 g/mol. The first-order valence-electron chi connectivity index (χ1n) is 11.0. The van der Waals surface area contributed by atoms with E-state index in [9.17, 15) is 0 Å². The van der Waals surface area contributed by atoms with Gasteiger partial charge >= 0.3 is 0 Å². The van der Waals surface area contributed by atoms with E-state index in [4.69, 9.17) is 0 Å². The molecule has 0 amide bonds. The summed E-state index contributed by atoms with van der Waals surface area (Å²) < 4.78 is 0. The maximum absolute atomic E-state index is 4.18. The molecule has 186 valence electrons. The molecule has 0 fully saturated rings. The van der Waals surface area contributed by atoms with Gasteiger partial charge in [-0.2, -0.15) is 0 Å². The van der Waals surface area contributed by atoms with E-state index in [0.29, 0.717) is 0 Å². The number of hydrogen-bond acceptors (Lipinski definition) is 8. The molecule has 0 saturated heterocycles. The molecule has 6 heterocycles. The van der Waals surface area contributed by atoms with Gasteiger partial charge in [-0.15, -0.1) is 15.3 Å². The van der Waals surface area contributed by atoms with Gasteiger partial charge in [-0.1, -0.05) is 35.5 Å². The van der Waals surface area contributed by atoms with E-state index in [1.54, 1.807) is 62.0 Å². The number of rotatable bonds is 0. The largest absolute Gasteiger partial charge is 0.368 e. The van der Waals surface area contributed by atoms with Crippen LogP contribution in [0.15, 0.2) is 147 Å². The number of aromatic nitrogens is 11. The molecule has 7 aromatic rings. The predicted octanol–water partition coefficient (Wildman–Crippen LogP) is 4.42. The fourth-order valence-corrected chi connectivity index (χ4v) is 2.19. The van der Waals surface area contributed by atoms with Gasteiger partial charge in [-0.25, -0.2) is 4.98 Å². The van der Waals surface area contributed by atoms with Gasteiger partial charge in [0.25, 0.3) is 0 Å². The van der Waals surface area contributed by atoms with Crippen molar-refractivity contribution in [1.29, 1.82) is 0 Å². The lowest BCUT2D eigenvalue weighted by molar-refractivity contribution is 0.865. The number of aromatic amines is 3. The molecule has 0 radical (unpaired) electrons. The molecule has 11 heteroatoms. The van der Waals surface area contributed by atoms with E-state index in [-0.39, 0.29) is 0 Å². The number of imidazole rings is 1. The Bertz CT molecular complexity index is 1050. The molecule has 0 aliphatic carbocycles. The standard InChI is InChI=1S/C9H7N.C5H5N.C4H5N.C3H3N3.C3H4N2.C2H3N3/c1-2-6-9-8(4-1)5-3-7-10-9;1-2-4-6-5-3-1;1-2-4-5-3-1;1-2-4-6-5-3-1;1-2-5-3-4-1;1-2-4-5-3-1/h1-7H;1-5H;1-5H;1-3H;1-3H,(H,4,5);1-2H,(H,3,4,5). The minimum absolute atomic E-state index is 1.06. The highest BCUT2D eigenvalue weighted by Gasteiger charge is 1.86. The van der Waals surface area contributed by atoms with Crippen molar-refractivity contribution >= 4 is 10.9 Å². The van der Waals surface area contributed by atoms with Gasteiger partial charge in [0.1, 0.15) is 0 Å². The Hall–Kier alpha value is -5.58. The summed E-state index contributed by atoms with van der Waals surface area (Å²) in [5, 5.41) is 20.6. The van der Waals surface area contributed by atoms with Crippen molar-refractivity contribution < 1.29 is 0 Å². The molecule has 7 rings (SSSR count). The average Bonchev–Trinajstić information content (AvgIpc) is 3.83. The van der Waals surface area contributed by atoms with Gasteiger partial charge in [0.15, 0.2) is 0 Å². The molecular weight excluding hydrogens is 466 g/mol. The minimum Gasteiger partial charge on any atom is -0.368 e. The second kappa shape index (κ2) is 21.0. The van der Waals surface area contributed by atoms with Crippen molar-refractivity contribution in [2.75, 3.05) is 0 Å². The van der Waals surface area contributed by atoms with Crippen LogP contribution in [-0.2, 0) is 0 Å². The number of pyridine rings is 2. The van der Waals surface area contributed by atoms with Gasteiger partial charge in [-0.3, -0.25) is 15.1 Å². The van der Waals surface area contributed by atoms with E-state index in [0.717, 1.165) is 5.52 Å². The Labute approximate surface area is 214 Å². The van der Waals surface area contributed by atoms with Gasteiger partial charge in [0.2, 0.25) is 0 Å². The maximum atomic E-state index is 4.18. The third-order valence-corrected chi connectivity index (χ3v) is 3.72. The number of H-pyrrole nitrogens is 3. The number of nitrogens with zero attached hydrogens (tertiary/aromatic N) is 8. The Morgan fingerprint density at radius 1 is 0.486 bits per heavy atom. The first-order chi connectivity index (χ1) is 18.5. The summed E-state index contributed by atoms with van der Waals surface area (Å²) in [4.78, 5) is 17.2. The van der Waals surface area contributed by atoms with Crippen molar-refractivity contribution in [2.24, 2.45) is 0 Å². The maximum Gasteiger partial charge on any atom is 0.0919 e. The van der Waals surface area contributed by atoms with Gasteiger partial charge < -0.3 is 9.97 Å². The van der Waals surface area contributed by atoms with Crippen molar-refractivity contribution in [3.8, 4) is 0 Å². The van der Waals surface area contributed by atoms with Crippen molar-refractivity contribution in [1.82, 2.24) is 55.7 Å². The van der Waals surface area contributed by atoms with Crippen molar-refractivity contribution in [2.45, 2.75) is 0 Å². The highest BCUT2D eigenvalue weighted by atomic mass is 15.3. The number of fused-ring (bicyclic) bond motifs is 1. The lowest BCUT2D eigenvalue weighted by Gasteiger charge is -1.91. The van der Waals surface area contributed by atoms with E-state index in [2.05, 4.69) is 67.9 Å². The highest BCUT2D eigenvalue weighted by Crippen LogP contribution is 2.07. The molecule has 0 aliphatic heterocycles. The topological polar surface area (TPSA) is 150 Å². The van der Waals surface area contributed by atoms with Crippen LogP contribution in [0.1, 0.15) is 0 Å². The molecule has 6 aromatic heterocycles. The van der Waals surface area contributed by atoms with Crippen molar-refractivity contribution in [3.05, 3.63) is 147 Å². The Morgan fingerprint density at radius 3 is 1.65 bits per heavy atom. The quantitative estimate of drug-likeness (QED) is 0.281. The van der Waals surface area contributed by atoms with Crippen LogP contribution in [0.5, 0.6) is 0 Å². The van der Waals surface area contributed by atoms with Gasteiger partial charge in [0.05, 0.1) is 30.4 Å². The zero-order valence-electron chi connectivity index (χ0n) is 19.9. The summed E-state index contributed by atoms with van der Waals surface area (Å²) in [5.74, 6) is 0. The Kier molecular flexibility index (Phi) is 15.7. The van der Waals surface area contributed by atoms with E-state index >= 15 is 0 Å². The molecule has 1 aromatic carbocycles. The second-order valence-electron chi connectivity index (χ2n) is 6.34. The molecule has 37 heavy (non-hydrogen) atoms. The number of hydrogen-bond donors (Lipinski definition) is 3. The predicted molar refractivity (Wildman–Crippen MR) is 142 cm³/mol. The lowest BCUT2D eigenvalue weighted by Crippen LogP contribution is -1.78. The summed E-state index contributed by atoms with van der Waals surface area (Å²) in [6.07, 6.45) is 20.5. The van der Waals surface area contributed by atoms with Crippen LogP contribution < -0.4 is 0 Å². The summed E-state index contributed by atoms with van der Waals surface area (Å²) in [6, 6.07) is 23.4. The van der Waals surface area contributed by atoms with E-state index < -0.39 is 0 Å². The van der Waals surface area contributed by atoms with Crippen LogP contribution in [0.4, 0.5) is 0 Å². The highest BCUT2D eigenvalue weighted by molar-refractivity contribution is 5.77. The van der Waals surface area contributed by atoms with E-state index in [1.807, 2.05) is 73.2 Å². The molecule has 0 bridgehead atoms. The SMILES string of the molecule is c1c[nH]cn1.c1c[nH]nn1.c1cc[nH]c1.c1ccc2ncccc2c1.c1ccncc1.c1cnnnc1. The molecule has 0 spiro atoms. The molecule has 0 saturated carbocycles. The van der Waals surface area contributed by atoms with Crippen LogP contribution in [0.25, 0.3) is 10.9 Å². The lowest BCUT2D eigenvalue weighted by atomic mass is 10.2. The normalized spacial score (nSPS) is 8.54. The van der Waals surface area contributed by atoms with Gasteiger partial charge in [0, 0.05) is 55.0 Å². The van der Waals surface area contributed by atoms with E-state index in [1.165, 1.54) is 5.39 Å². The van der Waals surface area contributed by atoms with Crippen LogP contribution in [0, 0.1) is 0 Å². The minimum atomic E-state index is 1.06. The zero-order chi connectivity index (χ0) is 25.9. The molecule has 0 atom stereocenters. The van der Waals surface area contributed by atoms with Crippen LogP contribution in [0.3, 0.4) is 0 Å². The molecule has 11 nitrogen and oxygen atoms in total. The third kappa shape index (κ3) is 15.8. The summed E-state index contributed by atoms with van der Waals surface area (Å²) >= 11 is 0. The summed E-state index contributed by atoms with van der Waals surface area (Å²) in [5.41, 5.74) is 1.06. The first kappa shape index (κ1) is 27.7. The van der Waals surface area contributed by atoms with Crippen LogP contribution in [-0.4, -0.2) is 55.7 Å². The number of benzene rings is 1. The molecule has 0 unspecified atom stereocenters. The third-order valence-electron chi connectivity index (χ3n) is 3.72. The average molecular weight is 494 g/mol. The zero-order valence-corrected chi connectivity index (χ0v) is 19.9. The summed E-state index contributed by atoms with van der Waals surface area (Å²) in [6.45, 7) is 0. The molecule has 3 N–H and O–H groups in total. The van der Waals surface area contributed by atoms with Crippen LogP contribution >= 0.6 is 0 Å². The fraction of sp³-hybridized carbons (Fsp3) is 0. The number of nitrogens with one attached hydrogen (secondary N) is 3. The van der Waals surface area contributed by atoms with Gasteiger partial charge in [-0.05, 0) is 47.7 Å². The molecule has 0 aliphatic rings. The second-order valence-corrected chi connectivity index (χ2v) is 6.34. The first-order valence-corrected chi connectivity index (χ1v) is 11.0. The molecular formula is C26H27N11. The Balaban J connectivity index is 0.000000160.